The molecule has 2 N–H and O–H groups in total. The van der Waals surface area contributed by atoms with Crippen molar-refractivity contribution in [2.75, 3.05) is 19.3 Å². The Morgan fingerprint density at radius 3 is 2.56 bits per heavy atom. The third-order valence-electron chi connectivity index (χ3n) is 4.40. The van der Waals surface area contributed by atoms with Gasteiger partial charge >= 0.3 is 5.97 Å². The third-order valence-corrected chi connectivity index (χ3v) is 5.46. The number of hydrogen-bond acceptors (Lipinski definition) is 4. The molecule has 136 valence electrons. The number of carbonyl (C=O) groups excluding carboxylic acids is 2. The second-order valence-corrected chi connectivity index (χ2v) is 7.17. The normalized spacial score (nSPS) is 14.8. The molecule has 1 saturated carbocycles. The van der Waals surface area contributed by atoms with Crippen LogP contribution < -0.4 is 5.32 Å². The summed E-state index contributed by atoms with van der Waals surface area (Å²) in [4.78, 5) is 37.7. The van der Waals surface area contributed by atoms with Gasteiger partial charge in [0.2, 0.25) is 5.91 Å². The molecule has 1 aliphatic rings. The molecule has 25 heavy (non-hydrogen) atoms. The number of nitrogens with zero attached hydrogens (tertiary/aromatic N) is 1. The van der Waals surface area contributed by atoms with E-state index in [1.807, 2.05) is 11.9 Å². The number of thioether (sulfide) groups is 1. The molecule has 0 unspecified atom stereocenters. The van der Waals surface area contributed by atoms with Crippen LogP contribution in [-0.4, -0.2) is 53.2 Å². The second-order valence-electron chi connectivity index (χ2n) is 6.16. The van der Waals surface area contributed by atoms with E-state index in [0.717, 1.165) is 12.8 Å². The molecule has 0 heterocycles. The summed E-state index contributed by atoms with van der Waals surface area (Å²) in [6, 6.07) is 7.24. The maximum absolute atomic E-state index is 12.4. The molecule has 1 fully saturated rings. The van der Waals surface area contributed by atoms with Gasteiger partial charge in [-0.15, -0.1) is 11.8 Å². The minimum absolute atomic E-state index is 0.0534. The molecule has 0 radical (unpaired) electrons. The van der Waals surface area contributed by atoms with Crippen LogP contribution in [0, 0.1) is 0 Å². The van der Waals surface area contributed by atoms with E-state index < -0.39 is 18.4 Å². The first-order chi connectivity index (χ1) is 12.0. The van der Waals surface area contributed by atoms with Gasteiger partial charge in [0.1, 0.15) is 6.54 Å². The van der Waals surface area contributed by atoms with Crippen LogP contribution in [0.1, 0.15) is 42.5 Å². The Hall–Kier alpha value is -2.02. The third kappa shape index (κ3) is 5.77. The first kappa shape index (κ1) is 19.3. The zero-order valence-corrected chi connectivity index (χ0v) is 15.2. The average molecular weight is 364 g/mol. The molecule has 1 aromatic carbocycles. The zero-order chi connectivity index (χ0) is 18.2. The molecular weight excluding hydrogens is 340 g/mol. The number of nitrogens with one attached hydrogen (secondary N) is 1. The van der Waals surface area contributed by atoms with Crippen molar-refractivity contribution in [3.05, 3.63) is 29.8 Å². The number of aliphatic carboxylic acids is 1. The lowest BCUT2D eigenvalue weighted by Gasteiger charge is -2.31. The number of carboxylic acid groups (broad SMARTS) is 1. The van der Waals surface area contributed by atoms with E-state index in [0.29, 0.717) is 16.5 Å². The van der Waals surface area contributed by atoms with Crippen LogP contribution in [0.15, 0.2) is 29.2 Å². The summed E-state index contributed by atoms with van der Waals surface area (Å²) in [5.74, 6) is -1.23. The summed E-state index contributed by atoms with van der Waals surface area (Å²) in [7, 11) is 1.85. The van der Waals surface area contributed by atoms with Crippen LogP contribution in [0.25, 0.3) is 0 Å². The molecule has 0 spiro atoms. The van der Waals surface area contributed by atoms with E-state index >= 15 is 0 Å². The van der Waals surface area contributed by atoms with Crippen molar-refractivity contribution in [3.8, 4) is 0 Å². The van der Waals surface area contributed by atoms with Gasteiger partial charge in [-0.25, -0.2) is 0 Å². The van der Waals surface area contributed by atoms with Gasteiger partial charge in [0.25, 0.3) is 5.91 Å². The molecule has 0 atom stereocenters. The van der Waals surface area contributed by atoms with Crippen LogP contribution in [0.5, 0.6) is 0 Å². The highest BCUT2D eigenvalue weighted by Crippen LogP contribution is 2.25. The lowest BCUT2D eigenvalue weighted by Crippen LogP contribution is -2.39. The molecule has 2 rings (SSSR count). The van der Waals surface area contributed by atoms with Gasteiger partial charge in [-0.05, 0) is 25.0 Å². The van der Waals surface area contributed by atoms with E-state index in [9.17, 15) is 14.4 Å². The Morgan fingerprint density at radius 1 is 1.20 bits per heavy atom. The van der Waals surface area contributed by atoms with E-state index in [4.69, 9.17) is 5.11 Å². The molecule has 0 aromatic heterocycles. The lowest BCUT2D eigenvalue weighted by molar-refractivity contribution is -0.135. The minimum atomic E-state index is -1.09. The number of amides is 2. The molecule has 0 saturated heterocycles. The zero-order valence-electron chi connectivity index (χ0n) is 14.4. The van der Waals surface area contributed by atoms with Gasteiger partial charge in [0.05, 0.1) is 11.3 Å². The Bertz CT molecular complexity index is 629. The number of carbonyl (C=O) groups is 3. The van der Waals surface area contributed by atoms with Crippen LogP contribution in [0.3, 0.4) is 0 Å². The van der Waals surface area contributed by atoms with E-state index in [1.54, 1.807) is 24.3 Å². The maximum Gasteiger partial charge on any atom is 0.322 e. The molecule has 1 aromatic rings. The fourth-order valence-electron chi connectivity index (χ4n) is 2.94. The summed E-state index contributed by atoms with van der Waals surface area (Å²) < 4.78 is 0. The summed E-state index contributed by atoms with van der Waals surface area (Å²) in [5, 5.41) is 11.0. The summed E-state index contributed by atoms with van der Waals surface area (Å²) in [6.07, 6.45) is 5.69. The average Bonchev–Trinajstić information content (AvgIpc) is 2.64. The number of hydrogen-bond donors (Lipinski definition) is 2. The smallest absolute Gasteiger partial charge is 0.322 e. The van der Waals surface area contributed by atoms with Crippen molar-refractivity contribution in [3.63, 3.8) is 0 Å². The standard InChI is InChI=1S/C18H24N2O4S/c1-20(13-7-3-2-4-8-13)16(21)12-25-15-10-6-5-9-14(15)18(24)19-11-17(22)23/h5-6,9-10,13H,2-4,7-8,11-12H2,1H3,(H,19,24)(H,22,23). The highest BCUT2D eigenvalue weighted by Gasteiger charge is 2.22. The van der Waals surface area contributed by atoms with Gasteiger partial charge in [0.15, 0.2) is 0 Å². The molecule has 6 nitrogen and oxygen atoms in total. The molecule has 7 heteroatoms. The number of benzene rings is 1. The topological polar surface area (TPSA) is 86.7 Å². The maximum atomic E-state index is 12.4. The van der Waals surface area contributed by atoms with E-state index in [2.05, 4.69) is 5.32 Å². The number of rotatable bonds is 7. The summed E-state index contributed by atoms with van der Waals surface area (Å²) in [6.45, 7) is -0.429. The van der Waals surface area contributed by atoms with Gasteiger partial charge in [-0.2, -0.15) is 0 Å². The number of carboxylic acids is 1. The first-order valence-corrected chi connectivity index (χ1v) is 9.45. The Labute approximate surface area is 152 Å². The van der Waals surface area contributed by atoms with Crippen LogP contribution in [-0.2, 0) is 9.59 Å². The molecule has 0 bridgehead atoms. The molecular formula is C18H24N2O4S. The SMILES string of the molecule is CN(C(=O)CSc1ccccc1C(=O)NCC(=O)O)C1CCCCC1. The van der Waals surface area contributed by atoms with Crippen molar-refractivity contribution in [1.82, 2.24) is 10.2 Å². The lowest BCUT2D eigenvalue weighted by atomic mass is 9.94. The van der Waals surface area contributed by atoms with Crippen molar-refractivity contribution in [2.24, 2.45) is 0 Å². The Balaban J connectivity index is 1.94. The van der Waals surface area contributed by atoms with E-state index in [-0.39, 0.29) is 11.7 Å². The monoisotopic (exact) mass is 364 g/mol. The van der Waals surface area contributed by atoms with Crippen LogP contribution >= 0.6 is 11.8 Å². The quantitative estimate of drug-likeness (QED) is 0.726. The van der Waals surface area contributed by atoms with Crippen molar-refractivity contribution < 1.29 is 19.5 Å². The van der Waals surface area contributed by atoms with Crippen LogP contribution in [0.4, 0.5) is 0 Å². The fourth-order valence-corrected chi connectivity index (χ4v) is 3.92. The first-order valence-electron chi connectivity index (χ1n) is 8.46. The van der Waals surface area contributed by atoms with Crippen molar-refractivity contribution in [1.29, 1.82) is 0 Å². The van der Waals surface area contributed by atoms with Gasteiger partial charge < -0.3 is 15.3 Å². The molecule has 0 aliphatic heterocycles. The predicted octanol–water partition coefficient (Wildman–Crippen LogP) is 2.38. The van der Waals surface area contributed by atoms with Crippen LogP contribution in [0.2, 0.25) is 0 Å². The largest absolute Gasteiger partial charge is 0.480 e. The second kappa shape index (κ2) is 9.46. The highest BCUT2D eigenvalue weighted by molar-refractivity contribution is 8.00. The Kier molecular flexibility index (Phi) is 7.31. The highest BCUT2D eigenvalue weighted by atomic mass is 32.2. The molecule has 1 aliphatic carbocycles. The van der Waals surface area contributed by atoms with Crippen molar-refractivity contribution in [2.45, 2.75) is 43.0 Å². The van der Waals surface area contributed by atoms with E-state index in [1.165, 1.54) is 31.0 Å². The predicted molar refractivity (Wildman–Crippen MR) is 96.8 cm³/mol. The Morgan fingerprint density at radius 2 is 1.88 bits per heavy atom. The van der Waals surface area contributed by atoms with Gasteiger partial charge in [0, 0.05) is 18.0 Å². The summed E-state index contributed by atoms with van der Waals surface area (Å²) >= 11 is 1.31. The molecule has 2 amide bonds. The minimum Gasteiger partial charge on any atom is -0.480 e. The van der Waals surface area contributed by atoms with Crippen molar-refractivity contribution >= 4 is 29.5 Å². The summed E-state index contributed by atoms with van der Waals surface area (Å²) in [5.41, 5.74) is 0.391. The van der Waals surface area contributed by atoms with Gasteiger partial charge in [-0.1, -0.05) is 31.4 Å². The van der Waals surface area contributed by atoms with Gasteiger partial charge in [-0.3, -0.25) is 14.4 Å². The fraction of sp³-hybridized carbons (Fsp3) is 0.500.